The summed E-state index contributed by atoms with van der Waals surface area (Å²) in [5, 5.41) is 7.41. The van der Waals surface area contributed by atoms with Gasteiger partial charge in [-0.1, -0.05) is 0 Å². The lowest BCUT2D eigenvalue weighted by Gasteiger charge is -2.44. The Labute approximate surface area is 131 Å². The van der Waals surface area contributed by atoms with Crippen LogP contribution in [0.1, 0.15) is 13.8 Å². The molecule has 0 saturated carbocycles. The lowest BCUT2D eigenvalue weighted by Crippen LogP contribution is -2.58. The van der Waals surface area contributed by atoms with Crippen LogP contribution in [0.5, 0.6) is 0 Å². The van der Waals surface area contributed by atoms with Gasteiger partial charge in [-0.05, 0) is 29.8 Å². The molecule has 1 aliphatic heterocycles. The lowest BCUT2D eigenvalue weighted by molar-refractivity contribution is -0.141. The second-order valence-electron chi connectivity index (χ2n) is 5.52. The minimum Gasteiger partial charge on any atom is -0.468 e. The van der Waals surface area contributed by atoms with Crippen LogP contribution in [0.2, 0.25) is 0 Å². The monoisotopic (exact) mass is 358 g/mol. The molecule has 0 unspecified atom stereocenters. The molecule has 8 heteroatoms. The maximum absolute atomic E-state index is 12.3. The van der Waals surface area contributed by atoms with Gasteiger partial charge in [0.2, 0.25) is 0 Å². The first kappa shape index (κ1) is 16.0. The highest BCUT2D eigenvalue weighted by Gasteiger charge is 2.32. The van der Waals surface area contributed by atoms with Crippen molar-refractivity contribution in [2.75, 3.05) is 31.6 Å². The number of anilines is 1. The number of carbonyl (C=O) groups is 1. The van der Waals surface area contributed by atoms with Crippen LogP contribution < -0.4 is 15.8 Å². The van der Waals surface area contributed by atoms with Gasteiger partial charge in [0.05, 0.1) is 19.0 Å². The first-order chi connectivity index (χ1) is 9.86. The Balaban J connectivity index is 2.36. The third kappa shape index (κ3) is 3.26. The number of nitrogens with zero attached hydrogens (tertiary/aromatic N) is 3. The van der Waals surface area contributed by atoms with Crippen molar-refractivity contribution in [3.05, 3.63) is 21.0 Å². The third-order valence-corrected chi connectivity index (χ3v) is 4.31. The average Bonchev–Trinajstić information content (AvgIpc) is 2.44. The summed E-state index contributed by atoms with van der Waals surface area (Å²) in [4.78, 5) is 25.7. The number of hydrogen-bond donors (Lipinski definition) is 1. The summed E-state index contributed by atoms with van der Waals surface area (Å²) < 4.78 is 6.06. The van der Waals surface area contributed by atoms with Gasteiger partial charge >= 0.3 is 5.97 Å². The van der Waals surface area contributed by atoms with Crippen molar-refractivity contribution in [2.45, 2.75) is 25.9 Å². The predicted octanol–water partition coefficient (Wildman–Crippen LogP) is 0.367. The Morgan fingerprint density at radius 1 is 1.57 bits per heavy atom. The van der Waals surface area contributed by atoms with Gasteiger partial charge in [0.25, 0.3) is 5.56 Å². The molecule has 0 amide bonds. The first-order valence-electron chi connectivity index (χ1n) is 6.67. The van der Waals surface area contributed by atoms with Crippen LogP contribution in [0, 0.1) is 0 Å². The molecular weight excluding hydrogens is 340 g/mol. The minimum atomic E-state index is -0.508. The van der Waals surface area contributed by atoms with Crippen LogP contribution in [-0.4, -0.2) is 48.0 Å². The van der Waals surface area contributed by atoms with E-state index in [-0.39, 0.29) is 17.6 Å². The molecule has 0 aromatic carbocycles. The lowest BCUT2D eigenvalue weighted by atomic mass is 9.99. The quantitative estimate of drug-likeness (QED) is 0.786. The Morgan fingerprint density at radius 3 is 2.90 bits per heavy atom. The van der Waals surface area contributed by atoms with E-state index in [1.807, 2.05) is 0 Å². The molecule has 1 aromatic heterocycles. The summed E-state index contributed by atoms with van der Waals surface area (Å²) in [5.41, 5.74) is 0.281. The van der Waals surface area contributed by atoms with Gasteiger partial charge in [0.1, 0.15) is 11.0 Å². The minimum absolute atomic E-state index is 0.122. The number of methoxy groups -OCH3 is 1. The number of esters is 1. The largest absolute Gasteiger partial charge is 0.468 e. The van der Waals surface area contributed by atoms with Gasteiger partial charge < -0.3 is 15.0 Å². The molecule has 0 spiro atoms. The Morgan fingerprint density at radius 2 is 2.29 bits per heavy atom. The van der Waals surface area contributed by atoms with Crippen LogP contribution in [0.4, 0.5) is 5.69 Å². The zero-order valence-electron chi connectivity index (χ0n) is 12.4. The number of piperazine rings is 1. The molecule has 0 atom stereocenters. The molecule has 0 aliphatic carbocycles. The molecule has 1 saturated heterocycles. The zero-order valence-corrected chi connectivity index (χ0v) is 13.9. The first-order valence-corrected chi connectivity index (χ1v) is 7.47. The molecular formula is C13H19BrN4O3. The van der Waals surface area contributed by atoms with E-state index in [1.165, 1.54) is 7.11 Å². The molecule has 116 valence electrons. The van der Waals surface area contributed by atoms with E-state index in [0.29, 0.717) is 4.47 Å². The SMILES string of the molecule is COC(=O)Cn1ncc(N2CCNCC2(C)C)c(Br)c1=O. The standard InChI is InChI=1S/C13H19BrN4O3/c1-13(2)8-15-4-5-17(13)9-6-16-18(7-10(19)21-3)12(20)11(9)14/h6,15H,4-5,7-8H2,1-3H3. The molecule has 1 aromatic rings. The van der Waals surface area contributed by atoms with Gasteiger partial charge in [-0.25, -0.2) is 4.68 Å². The summed E-state index contributed by atoms with van der Waals surface area (Å²) in [7, 11) is 1.28. The number of hydrogen-bond acceptors (Lipinski definition) is 6. The third-order valence-electron chi connectivity index (χ3n) is 3.56. The van der Waals surface area contributed by atoms with Crippen molar-refractivity contribution in [1.29, 1.82) is 0 Å². The van der Waals surface area contributed by atoms with Crippen LogP contribution in [0.3, 0.4) is 0 Å². The maximum Gasteiger partial charge on any atom is 0.327 e. The number of carbonyl (C=O) groups excluding carboxylic acids is 1. The second kappa shape index (κ2) is 6.15. The number of aromatic nitrogens is 2. The summed E-state index contributed by atoms with van der Waals surface area (Å²) in [6.45, 7) is 6.47. The van der Waals surface area contributed by atoms with E-state index in [0.717, 1.165) is 30.0 Å². The molecule has 1 N–H and O–H groups in total. The van der Waals surface area contributed by atoms with E-state index in [1.54, 1.807) is 6.20 Å². The van der Waals surface area contributed by atoms with Crippen LogP contribution >= 0.6 is 15.9 Å². The molecule has 2 rings (SSSR count). The number of nitrogens with one attached hydrogen (secondary N) is 1. The summed E-state index contributed by atoms with van der Waals surface area (Å²) >= 11 is 3.34. The van der Waals surface area contributed by atoms with Crippen LogP contribution in [-0.2, 0) is 16.1 Å². The smallest absolute Gasteiger partial charge is 0.327 e. The normalized spacial score (nSPS) is 17.6. The van der Waals surface area contributed by atoms with Gasteiger partial charge in [-0.2, -0.15) is 5.10 Å². The predicted molar refractivity (Wildman–Crippen MR) is 82.5 cm³/mol. The van der Waals surface area contributed by atoms with Crippen molar-refractivity contribution in [1.82, 2.24) is 15.1 Å². The van der Waals surface area contributed by atoms with Crippen molar-refractivity contribution in [3.8, 4) is 0 Å². The zero-order chi connectivity index (χ0) is 15.6. The van der Waals surface area contributed by atoms with E-state index in [4.69, 9.17) is 0 Å². The number of rotatable bonds is 3. The maximum atomic E-state index is 12.3. The molecule has 0 bridgehead atoms. The fourth-order valence-electron chi connectivity index (χ4n) is 2.37. The van der Waals surface area contributed by atoms with Gasteiger partial charge in [-0.15, -0.1) is 0 Å². The van der Waals surface area contributed by atoms with E-state index in [2.05, 4.69) is 49.8 Å². The van der Waals surface area contributed by atoms with Gasteiger partial charge in [0.15, 0.2) is 0 Å². The summed E-state index contributed by atoms with van der Waals surface area (Å²) in [5.74, 6) is -0.508. The van der Waals surface area contributed by atoms with E-state index < -0.39 is 5.97 Å². The van der Waals surface area contributed by atoms with Crippen molar-refractivity contribution < 1.29 is 9.53 Å². The van der Waals surface area contributed by atoms with Gasteiger partial charge in [-0.3, -0.25) is 9.59 Å². The van der Waals surface area contributed by atoms with Gasteiger partial charge in [0, 0.05) is 25.2 Å². The molecule has 0 radical (unpaired) electrons. The highest BCUT2D eigenvalue weighted by atomic mass is 79.9. The Bertz CT molecular complexity index is 600. The molecule has 7 nitrogen and oxygen atoms in total. The molecule has 1 aliphatic rings. The second-order valence-corrected chi connectivity index (χ2v) is 6.32. The number of halogens is 1. The number of ether oxygens (including phenoxy) is 1. The van der Waals surface area contributed by atoms with E-state index in [9.17, 15) is 9.59 Å². The van der Waals surface area contributed by atoms with E-state index >= 15 is 0 Å². The topological polar surface area (TPSA) is 76.5 Å². The fourth-order valence-corrected chi connectivity index (χ4v) is 2.89. The van der Waals surface area contributed by atoms with Crippen molar-refractivity contribution in [2.24, 2.45) is 0 Å². The fraction of sp³-hybridized carbons (Fsp3) is 0.615. The van der Waals surface area contributed by atoms with Crippen LogP contribution in [0.25, 0.3) is 0 Å². The summed E-state index contributed by atoms with van der Waals surface area (Å²) in [6.07, 6.45) is 1.61. The van der Waals surface area contributed by atoms with Crippen molar-refractivity contribution >= 4 is 27.6 Å². The van der Waals surface area contributed by atoms with Crippen molar-refractivity contribution in [3.63, 3.8) is 0 Å². The Kier molecular flexibility index (Phi) is 4.67. The Hall–Kier alpha value is -1.41. The van der Waals surface area contributed by atoms with Crippen LogP contribution in [0.15, 0.2) is 15.5 Å². The average molecular weight is 359 g/mol. The summed E-state index contributed by atoms with van der Waals surface area (Å²) in [6, 6.07) is 0. The highest BCUT2D eigenvalue weighted by molar-refractivity contribution is 9.10. The highest BCUT2D eigenvalue weighted by Crippen LogP contribution is 2.29. The molecule has 1 fully saturated rings. The molecule has 21 heavy (non-hydrogen) atoms. The molecule has 2 heterocycles.